The van der Waals surface area contributed by atoms with Crippen LogP contribution in [0.25, 0.3) is 0 Å². The number of nitrogens with zero attached hydrogens (tertiary/aromatic N) is 2. The minimum Gasteiger partial charge on any atom is -0.314 e. The smallest absolute Gasteiger partial charge is 0.269 e. The Morgan fingerprint density at radius 3 is 1.55 bits per heavy atom. The Morgan fingerprint density at radius 2 is 1.10 bits per heavy atom. The molecule has 13 heteroatoms. The van der Waals surface area contributed by atoms with Crippen LogP contribution in [0.4, 0.5) is 11.4 Å². The van der Waals surface area contributed by atoms with Crippen LogP contribution in [0.1, 0.15) is 30.4 Å². The highest BCUT2D eigenvalue weighted by Gasteiger charge is 2.31. The van der Waals surface area contributed by atoms with Gasteiger partial charge in [0.2, 0.25) is 0 Å². The first-order valence-corrected chi connectivity index (χ1v) is 15.2. The van der Waals surface area contributed by atoms with Gasteiger partial charge in [-0.05, 0) is 17.5 Å². The molecule has 3 heterocycles. The van der Waals surface area contributed by atoms with Crippen LogP contribution in [0.2, 0.25) is 12.6 Å². The van der Waals surface area contributed by atoms with E-state index in [9.17, 15) is 20.2 Å². The van der Waals surface area contributed by atoms with Crippen LogP contribution in [-0.4, -0.2) is 80.6 Å². The highest BCUT2D eigenvalue weighted by atomic mass is 16.6. The first kappa shape index (κ1) is 32.0. The van der Waals surface area contributed by atoms with Crippen molar-refractivity contribution < 1.29 is 9.85 Å². The number of hydrogen-bond donors (Lipinski definition) is 6. The predicted molar refractivity (Wildman–Crippen MR) is 167 cm³/mol. The van der Waals surface area contributed by atoms with E-state index in [1.165, 1.54) is 0 Å². The molecule has 0 aromatic heterocycles. The Kier molecular flexibility index (Phi) is 12.2. The van der Waals surface area contributed by atoms with E-state index in [-0.39, 0.29) is 32.3 Å². The van der Waals surface area contributed by atoms with Gasteiger partial charge in [-0.25, -0.2) is 0 Å². The van der Waals surface area contributed by atoms with Gasteiger partial charge in [0.25, 0.3) is 11.4 Å². The maximum atomic E-state index is 11.1. The molecule has 6 N–H and O–H groups in total. The number of non-ortho nitro benzene ring substituents is 2. The highest BCUT2D eigenvalue weighted by molar-refractivity contribution is 6.35. The second-order valence-corrected chi connectivity index (χ2v) is 11.7. The van der Waals surface area contributed by atoms with Gasteiger partial charge in [0.05, 0.1) is 9.85 Å². The van der Waals surface area contributed by atoms with E-state index >= 15 is 0 Å². The standard InChI is InChI=1S/C29H45BN8O4/c39-37(40)26-7-3-24(4-8-26)17-35-28-11-1-2-12-30-19-29(22-33-15-13-31-20-28,23-34-16-14-32-21-28)36-18-25-5-9-27(10-6-25)38(41)42/h3-10,30-36H,1-2,11-23H2. The molecule has 228 valence electrons. The fraction of sp³-hybridized carbons (Fsp3) is 0.586. The molecule has 3 aliphatic heterocycles. The van der Waals surface area contributed by atoms with E-state index in [1.54, 1.807) is 24.3 Å². The zero-order valence-electron chi connectivity index (χ0n) is 24.5. The maximum absolute atomic E-state index is 11.1. The average Bonchev–Trinajstić information content (AvgIpc) is 3.00. The van der Waals surface area contributed by atoms with E-state index in [2.05, 4.69) is 31.9 Å². The third-order valence-corrected chi connectivity index (χ3v) is 8.50. The van der Waals surface area contributed by atoms with Gasteiger partial charge in [-0.1, -0.05) is 49.7 Å². The van der Waals surface area contributed by atoms with Gasteiger partial charge in [-0.3, -0.25) is 20.2 Å². The Morgan fingerprint density at radius 1 is 0.667 bits per heavy atom. The summed E-state index contributed by atoms with van der Waals surface area (Å²) in [6.07, 6.45) is 5.49. The van der Waals surface area contributed by atoms with E-state index < -0.39 is 0 Å². The molecule has 3 fully saturated rings. The molecule has 0 unspecified atom stereocenters. The highest BCUT2D eigenvalue weighted by Crippen LogP contribution is 2.20. The summed E-state index contributed by atoms with van der Waals surface area (Å²) >= 11 is 0. The molecule has 0 amide bonds. The van der Waals surface area contributed by atoms with Crippen molar-refractivity contribution in [3.8, 4) is 0 Å². The molecular formula is C29H45BN8O4. The molecule has 12 nitrogen and oxygen atoms in total. The van der Waals surface area contributed by atoms with Gasteiger partial charge in [-0.15, -0.1) is 0 Å². The maximum Gasteiger partial charge on any atom is 0.269 e. The molecule has 5 rings (SSSR count). The third-order valence-electron chi connectivity index (χ3n) is 8.50. The van der Waals surface area contributed by atoms with Crippen molar-refractivity contribution in [3.05, 3.63) is 79.9 Å². The molecule has 0 saturated carbocycles. The fourth-order valence-corrected chi connectivity index (χ4v) is 5.90. The zero-order chi connectivity index (χ0) is 29.7. The second kappa shape index (κ2) is 16.1. The normalized spacial score (nSPS) is 24.7. The Hall–Kier alpha value is -2.94. The van der Waals surface area contributed by atoms with Crippen molar-refractivity contribution in [2.45, 2.75) is 56.1 Å². The van der Waals surface area contributed by atoms with Crippen molar-refractivity contribution in [1.82, 2.24) is 31.9 Å². The molecule has 0 atom stereocenters. The summed E-state index contributed by atoms with van der Waals surface area (Å²) in [5.41, 5.74) is 2.03. The van der Waals surface area contributed by atoms with Crippen LogP contribution >= 0.6 is 0 Å². The molecule has 0 aliphatic carbocycles. The Balaban J connectivity index is 1.42. The summed E-state index contributed by atoms with van der Waals surface area (Å²) in [6.45, 7) is 7.97. The number of fused-ring (bicyclic) bond motifs is 15. The van der Waals surface area contributed by atoms with Crippen LogP contribution in [0.3, 0.4) is 0 Å². The molecular weight excluding hydrogens is 535 g/mol. The lowest BCUT2D eigenvalue weighted by molar-refractivity contribution is -0.385. The van der Waals surface area contributed by atoms with Crippen molar-refractivity contribution in [1.29, 1.82) is 0 Å². The topological polar surface area (TPSA) is 158 Å². The molecule has 2 aromatic rings. The van der Waals surface area contributed by atoms with Gasteiger partial charge < -0.3 is 31.9 Å². The lowest BCUT2D eigenvalue weighted by Crippen LogP contribution is -2.61. The molecule has 42 heavy (non-hydrogen) atoms. The molecule has 3 aliphatic rings. The summed E-state index contributed by atoms with van der Waals surface area (Å²) in [6, 6.07) is 13.6. The lowest BCUT2D eigenvalue weighted by atomic mass is 9.62. The molecule has 0 spiro atoms. The number of rotatable bonds is 8. The third kappa shape index (κ3) is 9.82. The number of nitrogens with one attached hydrogen (secondary N) is 6. The van der Waals surface area contributed by atoms with Crippen LogP contribution in [0.15, 0.2) is 48.5 Å². The van der Waals surface area contributed by atoms with Crippen molar-refractivity contribution in [3.63, 3.8) is 0 Å². The van der Waals surface area contributed by atoms with Gasteiger partial charge in [-0.2, -0.15) is 0 Å². The summed E-state index contributed by atoms with van der Waals surface area (Å²) < 4.78 is 0. The van der Waals surface area contributed by atoms with Crippen molar-refractivity contribution >= 4 is 18.7 Å². The van der Waals surface area contributed by atoms with Gasteiger partial charge in [0.15, 0.2) is 0 Å². The van der Waals surface area contributed by atoms with E-state index in [4.69, 9.17) is 0 Å². The van der Waals surface area contributed by atoms with E-state index in [1.807, 2.05) is 24.3 Å². The second-order valence-electron chi connectivity index (χ2n) is 11.7. The van der Waals surface area contributed by atoms with Gasteiger partial charge in [0, 0.05) is 101 Å². The Bertz CT molecular complexity index is 1000. The fourth-order valence-electron chi connectivity index (χ4n) is 5.90. The SMILES string of the molecule is O=[N+]([O-])c1ccc(CNC23CBCCCCC(NCc4ccc([N+](=O)[O-])cc4)(CNCCNC2)CNCCNC3)cc1. The average molecular weight is 581 g/mol. The van der Waals surface area contributed by atoms with Crippen LogP contribution in [-0.2, 0) is 13.1 Å². The van der Waals surface area contributed by atoms with Crippen LogP contribution < -0.4 is 31.9 Å². The first-order valence-electron chi connectivity index (χ1n) is 15.2. The lowest BCUT2D eigenvalue weighted by Gasteiger charge is -2.39. The molecule has 0 radical (unpaired) electrons. The van der Waals surface area contributed by atoms with Crippen LogP contribution in [0.5, 0.6) is 0 Å². The minimum absolute atomic E-state index is 0.113. The summed E-state index contributed by atoms with van der Waals surface area (Å²) in [7, 11) is 1.12. The summed E-state index contributed by atoms with van der Waals surface area (Å²) in [5.74, 6) is 0. The van der Waals surface area contributed by atoms with E-state index in [0.717, 1.165) is 103 Å². The molecule has 2 aromatic carbocycles. The minimum atomic E-state index is -0.361. The van der Waals surface area contributed by atoms with E-state index in [0.29, 0.717) is 13.1 Å². The Labute approximate surface area is 248 Å². The number of hydrogen-bond acceptors (Lipinski definition) is 10. The van der Waals surface area contributed by atoms with Gasteiger partial charge >= 0.3 is 0 Å². The largest absolute Gasteiger partial charge is 0.314 e. The molecule has 3 saturated heterocycles. The predicted octanol–water partition coefficient (Wildman–Crippen LogP) is 1.69. The van der Waals surface area contributed by atoms with Crippen molar-refractivity contribution in [2.75, 3.05) is 52.4 Å². The van der Waals surface area contributed by atoms with Crippen molar-refractivity contribution in [2.24, 2.45) is 0 Å². The summed E-state index contributed by atoms with van der Waals surface area (Å²) in [4.78, 5) is 21.4. The monoisotopic (exact) mass is 580 g/mol. The van der Waals surface area contributed by atoms with Gasteiger partial charge in [0.1, 0.15) is 7.28 Å². The number of benzene rings is 2. The first-order chi connectivity index (χ1) is 20.4. The number of nitro benzene ring substituents is 2. The zero-order valence-corrected chi connectivity index (χ0v) is 24.5. The summed E-state index contributed by atoms with van der Waals surface area (Å²) in [5, 5.41) is 44.5. The molecule has 2 bridgehead atoms. The number of nitro groups is 2. The quantitative estimate of drug-likeness (QED) is 0.154. The van der Waals surface area contributed by atoms with Crippen LogP contribution in [0, 0.1) is 20.2 Å².